The Morgan fingerprint density at radius 2 is 1.83 bits per heavy atom. The lowest BCUT2D eigenvalue weighted by molar-refractivity contribution is 0.0566. The second kappa shape index (κ2) is 7.62. The lowest BCUT2D eigenvalue weighted by Gasteiger charge is -2.34. The Hall–Kier alpha value is -1.84. The van der Waals surface area contributed by atoms with Crippen molar-refractivity contribution in [3.63, 3.8) is 0 Å². The van der Waals surface area contributed by atoms with Gasteiger partial charge >= 0.3 is 0 Å². The number of likely N-dealkylation sites (tertiary alicyclic amines) is 1. The standard InChI is InChI=1S/C20H25NO2/c1-23-19-9-5-8-18(14-19)20(22)17-10-12-21(13-11-17)15-16-6-3-2-4-7-16/h2-9,14,17,20,22H,10-13,15H2,1H3/t20-/m1/s1. The van der Waals surface area contributed by atoms with Gasteiger partial charge in [-0.2, -0.15) is 0 Å². The second-order valence-electron chi connectivity index (χ2n) is 6.32. The molecule has 0 saturated carbocycles. The van der Waals surface area contributed by atoms with Crippen molar-refractivity contribution in [1.82, 2.24) is 4.90 Å². The molecule has 0 spiro atoms. The minimum Gasteiger partial charge on any atom is -0.497 e. The summed E-state index contributed by atoms with van der Waals surface area (Å²) in [5.41, 5.74) is 2.32. The number of nitrogens with zero attached hydrogens (tertiary/aromatic N) is 1. The number of rotatable bonds is 5. The van der Waals surface area contributed by atoms with Gasteiger partial charge in [0.15, 0.2) is 0 Å². The third-order valence-electron chi connectivity index (χ3n) is 4.76. The van der Waals surface area contributed by atoms with Gasteiger partial charge in [-0.05, 0) is 55.1 Å². The van der Waals surface area contributed by atoms with Gasteiger partial charge in [0.25, 0.3) is 0 Å². The van der Waals surface area contributed by atoms with E-state index in [2.05, 4.69) is 35.2 Å². The summed E-state index contributed by atoms with van der Waals surface area (Å²) in [5, 5.41) is 10.7. The molecule has 122 valence electrons. The van der Waals surface area contributed by atoms with Crippen molar-refractivity contribution >= 4 is 0 Å². The summed E-state index contributed by atoms with van der Waals surface area (Å²) in [7, 11) is 1.66. The second-order valence-corrected chi connectivity index (χ2v) is 6.32. The van der Waals surface area contributed by atoms with Crippen molar-refractivity contribution in [3.8, 4) is 5.75 Å². The van der Waals surface area contributed by atoms with Crippen LogP contribution in [0.3, 0.4) is 0 Å². The molecule has 1 heterocycles. The van der Waals surface area contributed by atoms with E-state index in [9.17, 15) is 5.11 Å². The summed E-state index contributed by atoms with van der Waals surface area (Å²) in [4.78, 5) is 2.48. The zero-order valence-electron chi connectivity index (χ0n) is 13.7. The number of piperidine rings is 1. The molecule has 1 N–H and O–H groups in total. The normalized spacial score (nSPS) is 17.8. The highest BCUT2D eigenvalue weighted by Crippen LogP contribution is 2.32. The zero-order valence-corrected chi connectivity index (χ0v) is 13.7. The van der Waals surface area contributed by atoms with E-state index in [1.165, 1.54) is 5.56 Å². The molecule has 2 aromatic carbocycles. The molecule has 0 amide bonds. The van der Waals surface area contributed by atoms with Gasteiger partial charge in [0, 0.05) is 6.54 Å². The van der Waals surface area contributed by atoms with E-state index in [-0.39, 0.29) is 0 Å². The van der Waals surface area contributed by atoms with Gasteiger partial charge < -0.3 is 9.84 Å². The van der Waals surface area contributed by atoms with Crippen LogP contribution in [0.25, 0.3) is 0 Å². The minimum absolute atomic E-state index is 0.328. The van der Waals surface area contributed by atoms with Gasteiger partial charge in [-0.25, -0.2) is 0 Å². The third kappa shape index (κ3) is 4.12. The molecule has 3 nitrogen and oxygen atoms in total. The van der Waals surface area contributed by atoms with E-state index >= 15 is 0 Å². The van der Waals surface area contributed by atoms with Gasteiger partial charge in [-0.15, -0.1) is 0 Å². The Kier molecular flexibility index (Phi) is 5.31. The number of benzene rings is 2. The van der Waals surface area contributed by atoms with Gasteiger partial charge in [0.2, 0.25) is 0 Å². The highest BCUT2D eigenvalue weighted by molar-refractivity contribution is 5.30. The fraction of sp³-hybridized carbons (Fsp3) is 0.400. The molecule has 3 rings (SSSR count). The molecule has 1 aliphatic heterocycles. The predicted molar refractivity (Wildman–Crippen MR) is 92.4 cm³/mol. The first-order valence-electron chi connectivity index (χ1n) is 8.34. The molecule has 0 unspecified atom stereocenters. The van der Waals surface area contributed by atoms with E-state index in [0.717, 1.165) is 43.8 Å². The molecule has 1 saturated heterocycles. The van der Waals surface area contributed by atoms with Crippen LogP contribution in [0, 0.1) is 5.92 Å². The van der Waals surface area contributed by atoms with Crippen LogP contribution < -0.4 is 4.74 Å². The summed E-state index contributed by atoms with van der Waals surface area (Å²) in [5.74, 6) is 1.14. The Morgan fingerprint density at radius 1 is 1.09 bits per heavy atom. The Labute approximate surface area is 138 Å². The lowest BCUT2D eigenvalue weighted by Crippen LogP contribution is -2.35. The Bertz CT molecular complexity index is 606. The van der Waals surface area contributed by atoms with Crippen molar-refractivity contribution in [2.75, 3.05) is 20.2 Å². The molecule has 0 aliphatic carbocycles. The molecule has 1 atom stereocenters. The highest BCUT2D eigenvalue weighted by Gasteiger charge is 2.26. The smallest absolute Gasteiger partial charge is 0.119 e. The summed E-state index contributed by atoms with van der Waals surface area (Å²) in [6.45, 7) is 3.09. The number of methoxy groups -OCH3 is 1. The molecule has 0 aromatic heterocycles. The van der Waals surface area contributed by atoms with Crippen LogP contribution in [-0.4, -0.2) is 30.2 Å². The zero-order chi connectivity index (χ0) is 16.1. The molecule has 0 bridgehead atoms. The SMILES string of the molecule is COc1cccc([C@H](O)C2CCN(Cc3ccccc3)CC2)c1. The average molecular weight is 311 g/mol. The third-order valence-corrected chi connectivity index (χ3v) is 4.76. The first-order valence-corrected chi connectivity index (χ1v) is 8.34. The van der Waals surface area contributed by atoms with Crippen molar-refractivity contribution in [1.29, 1.82) is 0 Å². The van der Waals surface area contributed by atoms with Crippen LogP contribution in [0.4, 0.5) is 0 Å². The molecular weight excluding hydrogens is 286 g/mol. The van der Waals surface area contributed by atoms with E-state index in [0.29, 0.717) is 5.92 Å². The van der Waals surface area contributed by atoms with Gasteiger partial charge in [-0.1, -0.05) is 42.5 Å². The summed E-state index contributed by atoms with van der Waals surface area (Å²) in [6.07, 6.45) is 1.67. The molecule has 1 fully saturated rings. The summed E-state index contributed by atoms with van der Waals surface area (Å²) >= 11 is 0. The maximum atomic E-state index is 10.7. The lowest BCUT2D eigenvalue weighted by atomic mass is 9.87. The largest absolute Gasteiger partial charge is 0.497 e. The number of aliphatic hydroxyl groups is 1. The van der Waals surface area contributed by atoms with Gasteiger partial charge in [0.05, 0.1) is 13.2 Å². The van der Waals surface area contributed by atoms with E-state index < -0.39 is 6.10 Å². The van der Waals surface area contributed by atoms with Crippen LogP contribution in [0.15, 0.2) is 54.6 Å². The van der Waals surface area contributed by atoms with Crippen molar-refractivity contribution < 1.29 is 9.84 Å². The Morgan fingerprint density at radius 3 is 2.52 bits per heavy atom. The number of hydrogen-bond acceptors (Lipinski definition) is 3. The molecular formula is C20H25NO2. The van der Waals surface area contributed by atoms with E-state index in [4.69, 9.17) is 4.74 Å². The first kappa shape index (κ1) is 16.0. The molecule has 1 aliphatic rings. The first-order chi connectivity index (χ1) is 11.3. The fourth-order valence-corrected chi connectivity index (χ4v) is 3.37. The van der Waals surface area contributed by atoms with Crippen molar-refractivity contribution in [2.24, 2.45) is 5.92 Å². The average Bonchev–Trinajstić information content (AvgIpc) is 2.63. The monoisotopic (exact) mass is 311 g/mol. The van der Waals surface area contributed by atoms with Crippen LogP contribution in [0.5, 0.6) is 5.75 Å². The summed E-state index contributed by atoms with van der Waals surface area (Å²) in [6, 6.07) is 18.4. The maximum Gasteiger partial charge on any atom is 0.119 e. The molecule has 2 aromatic rings. The minimum atomic E-state index is -0.399. The molecule has 23 heavy (non-hydrogen) atoms. The summed E-state index contributed by atoms with van der Waals surface area (Å²) < 4.78 is 5.26. The van der Waals surface area contributed by atoms with Crippen LogP contribution in [-0.2, 0) is 6.54 Å². The van der Waals surface area contributed by atoms with Gasteiger partial charge in [0.1, 0.15) is 5.75 Å². The number of aliphatic hydroxyl groups excluding tert-OH is 1. The predicted octanol–water partition coefficient (Wildman–Crippen LogP) is 3.64. The quantitative estimate of drug-likeness (QED) is 0.915. The van der Waals surface area contributed by atoms with Crippen LogP contribution in [0.1, 0.15) is 30.1 Å². The molecule has 3 heteroatoms. The maximum absolute atomic E-state index is 10.7. The van der Waals surface area contributed by atoms with Gasteiger partial charge in [-0.3, -0.25) is 4.90 Å². The highest BCUT2D eigenvalue weighted by atomic mass is 16.5. The number of hydrogen-bond donors (Lipinski definition) is 1. The fourth-order valence-electron chi connectivity index (χ4n) is 3.37. The molecule has 0 radical (unpaired) electrons. The van der Waals surface area contributed by atoms with Crippen molar-refractivity contribution in [2.45, 2.75) is 25.5 Å². The van der Waals surface area contributed by atoms with Crippen LogP contribution in [0.2, 0.25) is 0 Å². The van der Waals surface area contributed by atoms with E-state index in [1.54, 1.807) is 7.11 Å². The van der Waals surface area contributed by atoms with E-state index in [1.807, 2.05) is 24.3 Å². The van der Waals surface area contributed by atoms with Crippen LogP contribution >= 0.6 is 0 Å². The number of ether oxygens (including phenoxy) is 1. The topological polar surface area (TPSA) is 32.7 Å². The Balaban J connectivity index is 1.55. The van der Waals surface area contributed by atoms with Crippen molar-refractivity contribution in [3.05, 3.63) is 65.7 Å².